The highest BCUT2D eigenvalue weighted by molar-refractivity contribution is 6.31. The number of hydrogen-bond donors (Lipinski definition) is 1. The number of nitrogens with two attached hydrogens (primary N) is 1. The molecule has 0 spiro atoms. The van der Waals surface area contributed by atoms with Crippen molar-refractivity contribution < 1.29 is 9.13 Å². The van der Waals surface area contributed by atoms with Crippen molar-refractivity contribution in [2.45, 2.75) is 19.8 Å². The van der Waals surface area contributed by atoms with Gasteiger partial charge in [0, 0.05) is 12.1 Å². The lowest BCUT2D eigenvalue weighted by atomic mass is 10.0. The van der Waals surface area contributed by atoms with E-state index in [-0.39, 0.29) is 10.7 Å². The van der Waals surface area contributed by atoms with Gasteiger partial charge >= 0.3 is 0 Å². The Morgan fingerprint density at radius 1 is 1.16 bits per heavy atom. The van der Waals surface area contributed by atoms with E-state index in [0.29, 0.717) is 17.4 Å². The first-order valence-corrected chi connectivity index (χ1v) is 6.38. The molecular weight excluding hydrogens is 265 g/mol. The first-order chi connectivity index (χ1) is 8.99. The van der Waals surface area contributed by atoms with Crippen LogP contribution in [0.25, 0.3) is 0 Å². The number of hydrogen-bond acceptors (Lipinski definition) is 2. The molecule has 2 rings (SSSR count). The molecule has 0 bridgehead atoms. The molecule has 100 valence electrons. The highest BCUT2D eigenvalue weighted by atomic mass is 35.5. The predicted octanol–water partition coefficient (Wildman–Crippen LogP) is 4.98. The first-order valence-electron chi connectivity index (χ1n) is 6.00. The van der Waals surface area contributed by atoms with E-state index in [1.165, 1.54) is 6.07 Å². The zero-order chi connectivity index (χ0) is 14.0. The molecule has 0 aliphatic heterocycles. The molecule has 0 aliphatic carbocycles. The number of anilines is 1. The Kier molecular flexibility index (Phi) is 3.96. The van der Waals surface area contributed by atoms with Gasteiger partial charge in [-0.15, -0.1) is 0 Å². The maximum atomic E-state index is 13.2. The van der Waals surface area contributed by atoms with Gasteiger partial charge in [0.2, 0.25) is 0 Å². The molecule has 0 aromatic heterocycles. The summed E-state index contributed by atoms with van der Waals surface area (Å²) in [6.07, 6.45) is 0. The molecule has 0 aliphatic rings. The molecular formula is C15H15ClFNO. The fourth-order valence-corrected chi connectivity index (χ4v) is 1.95. The molecule has 2 aromatic carbocycles. The van der Waals surface area contributed by atoms with Crippen LogP contribution in [0.2, 0.25) is 5.02 Å². The van der Waals surface area contributed by atoms with Crippen molar-refractivity contribution in [1.82, 2.24) is 0 Å². The number of rotatable bonds is 3. The summed E-state index contributed by atoms with van der Waals surface area (Å²) in [6.45, 7) is 4.15. The molecule has 0 heterocycles. The molecule has 0 amide bonds. The van der Waals surface area contributed by atoms with Crippen molar-refractivity contribution in [1.29, 1.82) is 0 Å². The van der Waals surface area contributed by atoms with Crippen molar-refractivity contribution in [3.05, 3.63) is 52.8 Å². The molecule has 0 atom stereocenters. The van der Waals surface area contributed by atoms with E-state index >= 15 is 0 Å². The van der Waals surface area contributed by atoms with Crippen molar-refractivity contribution in [2.75, 3.05) is 5.73 Å². The summed E-state index contributed by atoms with van der Waals surface area (Å²) < 4.78 is 19.0. The van der Waals surface area contributed by atoms with Gasteiger partial charge in [-0.2, -0.15) is 0 Å². The van der Waals surface area contributed by atoms with E-state index < -0.39 is 5.82 Å². The van der Waals surface area contributed by atoms with Gasteiger partial charge in [-0.3, -0.25) is 0 Å². The van der Waals surface area contributed by atoms with Crippen LogP contribution in [0, 0.1) is 5.82 Å². The standard InChI is InChI=1S/C15H15ClFNO/c1-9(2)10-5-3-4-6-14(10)19-15-7-11(16)12(17)8-13(15)18/h3-9H,18H2,1-2H3. The molecule has 0 fully saturated rings. The second-order valence-electron chi connectivity index (χ2n) is 4.60. The SMILES string of the molecule is CC(C)c1ccccc1Oc1cc(Cl)c(F)cc1N. The highest BCUT2D eigenvalue weighted by Crippen LogP contribution is 2.35. The Morgan fingerprint density at radius 2 is 1.84 bits per heavy atom. The van der Waals surface area contributed by atoms with Crippen LogP contribution in [-0.4, -0.2) is 0 Å². The minimum Gasteiger partial charge on any atom is -0.455 e. The third-order valence-electron chi connectivity index (χ3n) is 2.81. The van der Waals surface area contributed by atoms with Crippen LogP contribution < -0.4 is 10.5 Å². The van der Waals surface area contributed by atoms with E-state index in [2.05, 4.69) is 13.8 Å². The number of para-hydroxylation sites is 1. The van der Waals surface area contributed by atoms with Crippen LogP contribution >= 0.6 is 11.6 Å². The Labute approximate surface area is 117 Å². The highest BCUT2D eigenvalue weighted by Gasteiger charge is 2.12. The summed E-state index contributed by atoms with van der Waals surface area (Å²) in [7, 11) is 0. The largest absolute Gasteiger partial charge is 0.455 e. The second-order valence-corrected chi connectivity index (χ2v) is 5.01. The summed E-state index contributed by atoms with van der Waals surface area (Å²) in [4.78, 5) is 0. The van der Waals surface area contributed by atoms with Gasteiger partial charge in [-0.05, 0) is 17.5 Å². The van der Waals surface area contributed by atoms with E-state index in [1.54, 1.807) is 0 Å². The molecule has 4 heteroatoms. The summed E-state index contributed by atoms with van der Waals surface area (Å²) >= 11 is 5.74. The van der Waals surface area contributed by atoms with Crippen molar-refractivity contribution >= 4 is 17.3 Å². The Hall–Kier alpha value is -1.74. The number of benzene rings is 2. The monoisotopic (exact) mass is 279 g/mol. The number of ether oxygens (including phenoxy) is 1. The molecule has 0 saturated heterocycles. The van der Waals surface area contributed by atoms with Crippen molar-refractivity contribution in [2.24, 2.45) is 0 Å². The third kappa shape index (κ3) is 2.99. The zero-order valence-corrected chi connectivity index (χ0v) is 11.5. The van der Waals surface area contributed by atoms with Crippen LogP contribution in [0.5, 0.6) is 11.5 Å². The fraction of sp³-hybridized carbons (Fsp3) is 0.200. The van der Waals surface area contributed by atoms with Gasteiger partial charge in [-0.25, -0.2) is 4.39 Å². The maximum absolute atomic E-state index is 13.2. The van der Waals surface area contributed by atoms with Gasteiger partial charge < -0.3 is 10.5 Å². The van der Waals surface area contributed by atoms with Crippen molar-refractivity contribution in [3.8, 4) is 11.5 Å². The molecule has 0 radical (unpaired) electrons. The Balaban J connectivity index is 2.39. The van der Waals surface area contributed by atoms with E-state index in [9.17, 15) is 4.39 Å². The lowest BCUT2D eigenvalue weighted by Gasteiger charge is -2.15. The van der Waals surface area contributed by atoms with Gasteiger partial charge in [0.1, 0.15) is 11.6 Å². The minimum atomic E-state index is -0.552. The molecule has 0 unspecified atom stereocenters. The minimum absolute atomic E-state index is 0.00812. The van der Waals surface area contributed by atoms with Crippen LogP contribution in [0.15, 0.2) is 36.4 Å². The zero-order valence-electron chi connectivity index (χ0n) is 10.8. The first kappa shape index (κ1) is 13.7. The van der Waals surface area contributed by atoms with Crippen LogP contribution in [0.4, 0.5) is 10.1 Å². The Morgan fingerprint density at radius 3 is 2.53 bits per heavy atom. The molecule has 2 aromatic rings. The van der Waals surface area contributed by atoms with E-state index in [0.717, 1.165) is 11.6 Å². The summed E-state index contributed by atoms with van der Waals surface area (Å²) in [5, 5.41) is -0.00812. The quantitative estimate of drug-likeness (QED) is 0.805. The summed E-state index contributed by atoms with van der Waals surface area (Å²) in [5.41, 5.74) is 7.02. The number of nitrogen functional groups attached to an aromatic ring is 1. The normalized spacial score (nSPS) is 10.8. The smallest absolute Gasteiger partial charge is 0.152 e. The molecule has 2 N–H and O–H groups in total. The Bertz CT molecular complexity index is 599. The lowest BCUT2D eigenvalue weighted by Crippen LogP contribution is -1.97. The maximum Gasteiger partial charge on any atom is 0.152 e. The van der Waals surface area contributed by atoms with Crippen molar-refractivity contribution in [3.63, 3.8) is 0 Å². The molecule has 19 heavy (non-hydrogen) atoms. The number of halogens is 2. The molecule has 0 saturated carbocycles. The van der Waals surface area contributed by atoms with Crippen LogP contribution in [0.3, 0.4) is 0 Å². The van der Waals surface area contributed by atoms with Gasteiger partial charge in [0.25, 0.3) is 0 Å². The fourth-order valence-electron chi connectivity index (χ4n) is 1.80. The average Bonchev–Trinajstić information content (AvgIpc) is 2.36. The van der Waals surface area contributed by atoms with E-state index in [4.69, 9.17) is 22.1 Å². The molecule has 2 nitrogen and oxygen atoms in total. The second kappa shape index (κ2) is 5.49. The van der Waals surface area contributed by atoms with Crippen LogP contribution in [0.1, 0.15) is 25.3 Å². The summed E-state index contributed by atoms with van der Waals surface area (Å²) in [6, 6.07) is 10.2. The average molecular weight is 280 g/mol. The van der Waals surface area contributed by atoms with Gasteiger partial charge in [-0.1, -0.05) is 43.6 Å². The third-order valence-corrected chi connectivity index (χ3v) is 3.10. The van der Waals surface area contributed by atoms with Gasteiger partial charge in [0.15, 0.2) is 5.75 Å². The topological polar surface area (TPSA) is 35.2 Å². The van der Waals surface area contributed by atoms with Gasteiger partial charge in [0.05, 0.1) is 10.7 Å². The van der Waals surface area contributed by atoms with E-state index in [1.807, 2.05) is 24.3 Å². The summed E-state index contributed by atoms with van der Waals surface area (Å²) in [5.74, 6) is 0.823. The predicted molar refractivity (Wildman–Crippen MR) is 76.4 cm³/mol. The van der Waals surface area contributed by atoms with Crippen LogP contribution in [-0.2, 0) is 0 Å². The lowest BCUT2D eigenvalue weighted by molar-refractivity contribution is 0.474.